The zero-order valence-electron chi connectivity index (χ0n) is 14.6. The summed E-state index contributed by atoms with van der Waals surface area (Å²) in [7, 11) is 1.88. The fourth-order valence-electron chi connectivity index (χ4n) is 3.72. The van der Waals surface area contributed by atoms with Crippen molar-refractivity contribution in [3.63, 3.8) is 0 Å². The highest BCUT2D eigenvalue weighted by molar-refractivity contribution is 5.80. The number of aliphatic imine (C=N–C) groups is 1. The number of nitrogens with zero attached hydrogens (tertiary/aromatic N) is 2. The molecule has 2 aliphatic rings. The Labute approximate surface area is 139 Å². The van der Waals surface area contributed by atoms with Crippen molar-refractivity contribution >= 4 is 5.96 Å². The van der Waals surface area contributed by atoms with E-state index in [2.05, 4.69) is 47.3 Å². The minimum Gasteiger partial charge on any atom is -0.491 e. The lowest BCUT2D eigenvalue weighted by atomic mass is 9.68. The van der Waals surface area contributed by atoms with Gasteiger partial charge in [0.05, 0.1) is 6.10 Å². The molecule has 3 rings (SSSR count). The van der Waals surface area contributed by atoms with E-state index in [-0.39, 0.29) is 6.10 Å². The molecule has 126 valence electrons. The van der Waals surface area contributed by atoms with Gasteiger partial charge in [-0.05, 0) is 56.2 Å². The molecular formula is C19H29N3O. The standard InChI is InChI=1S/C19H29N3O/c1-15(2)23-17-7-4-6-16(12-17)13-21-18(20-3)22-11-10-19(14-22)8-5-9-19/h4,6-7,12,15H,5,8-11,13-14H2,1-3H3,(H,20,21). The zero-order valence-corrected chi connectivity index (χ0v) is 14.6. The van der Waals surface area contributed by atoms with Crippen molar-refractivity contribution in [1.29, 1.82) is 0 Å². The number of likely N-dealkylation sites (tertiary alicyclic amines) is 1. The average molecular weight is 315 g/mol. The first-order valence-corrected chi connectivity index (χ1v) is 8.81. The van der Waals surface area contributed by atoms with Crippen molar-refractivity contribution in [2.45, 2.75) is 52.2 Å². The van der Waals surface area contributed by atoms with Gasteiger partial charge in [-0.15, -0.1) is 0 Å². The molecule has 4 nitrogen and oxygen atoms in total. The lowest BCUT2D eigenvalue weighted by molar-refractivity contribution is 0.151. The van der Waals surface area contributed by atoms with E-state index in [1.54, 1.807) is 0 Å². The Morgan fingerprint density at radius 1 is 1.35 bits per heavy atom. The smallest absolute Gasteiger partial charge is 0.193 e. The normalized spacial score (nSPS) is 20.0. The zero-order chi connectivity index (χ0) is 16.3. The van der Waals surface area contributed by atoms with Gasteiger partial charge in [0.1, 0.15) is 5.75 Å². The van der Waals surface area contributed by atoms with Crippen LogP contribution in [0.3, 0.4) is 0 Å². The topological polar surface area (TPSA) is 36.9 Å². The van der Waals surface area contributed by atoms with Gasteiger partial charge in [-0.2, -0.15) is 0 Å². The summed E-state index contributed by atoms with van der Waals surface area (Å²) in [5.74, 6) is 1.97. The molecule has 4 heteroatoms. The first-order valence-electron chi connectivity index (χ1n) is 8.81. The molecule has 2 fully saturated rings. The van der Waals surface area contributed by atoms with Crippen LogP contribution < -0.4 is 10.1 Å². The molecule has 1 aromatic carbocycles. The van der Waals surface area contributed by atoms with Crippen molar-refractivity contribution in [1.82, 2.24) is 10.2 Å². The molecule has 1 saturated heterocycles. The van der Waals surface area contributed by atoms with Crippen molar-refractivity contribution in [2.75, 3.05) is 20.1 Å². The number of rotatable bonds is 4. The second-order valence-corrected chi connectivity index (χ2v) is 7.24. The summed E-state index contributed by atoms with van der Waals surface area (Å²) >= 11 is 0. The van der Waals surface area contributed by atoms with Crippen LogP contribution in [0.4, 0.5) is 0 Å². The summed E-state index contributed by atoms with van der Waals surface area (Å²) in [5.41, 5.74) is 1.82. The SMILES string of the molecule is CN=C(NCc1cccc(OC(C)C)c1)N1CCC2(CCC2)C1. The van der Waals surface area contributed by atoms with Crippen LogP contribution in [-0.2, 0) is 6.54 Å². The fourth-order valence-corrected chi connectivity index (χ4v) is 3.72. The molecule has 0 unspecified atom stereocenters. The molecular weight excluding hydrogens is 286 g/mol. The predicted octanol–water partition coefficient (Wildman–Crippen LogP) is 3.43. The molecule has 0 amide bonds. The Hall–Kier alpha value is -1.71. The van der Waals surface area contributed by atoms with Crippen molar-refractivity contribution in [3.8, 4) is 5.75 Å². The maximum atomic E-state index is 5.77. The highest BCUT2D eigenvalue weighted by Crippen LogP contribution is 2.47. The van der Waals surface area contributed by atoms with Crippen LogP contribution in [0, 0.1) is 5.41 Å². The Balaban J connectivity index is 1.56. The first kappa shape index (κ1) is 16.2. The maximum Gasteiger partial charge on any atom is 0.193 e. The van der Waals surface area contributed by atoms with E-state index < -0.39 is 0 Å². The molecule has 0 bridgehead atoms. The second kappa shape index (κ2) is 6.81. The summed E-state index contributed by atoms with van der Waals surface area (Å²) in [5, 5.41) is 3.51. The summed E-state index contributed by atoms with van der Waals surface area (Å²) in [4.78, 5) is 6.90. The molecule has 1 spiro atoms. The van der Waals surface area contributed by atoms with Crippen molar-refractivity contribution in [2.24, 2.45) is 10.4 Å². The Morgan fingerprint density at radius 3 is 2.78 bits per heavy atom. The van der Waals surface area contributed by atoms with E-state index in [9.17, 15) is 0 Å². The van der Waals surface area contributed by atoms with Gasteiger partial charge in [0.15, 0.2) is 5.96 Å². The van der Waals surface area contributed by atoms with Gasteiger partial charge in [0, 0.05) is 26.7 Å². The van der Waals surface area contributed by atoms with Gasteiger partial charge in [-0.3, -0.25) is 4.99 Å². The third kappa shape index (κ3) is 3.80. The molecule has 0 atom stereocenters. The van der Waals surface area contributed by atoms with Crippen LogP contribution in [0.2, 0.25) is 0 Å². The predicted molar refractivity (Wildman–Crippen MR) is 94.9 cm³/mol. The van der Waals surface area contributed by atoms with Gasteiger partial charge < -0.3 is 15.0 Å². The number of nitrogens with one attached hydrogen (secondary N) is 1. The van der Waals surface area contributed by atoms with E-state index in [0.717, 1.165) is 24.8 Å². The molecule has 1 heterocycles. The van der Waals surface area contributed by atoms with Gasteiger partial charge in [-0.25, -0.2) is 0 Å². The molecule has 1 N–H and O–H groups in total. The quantitative estimate of drug-likeness (QED) is 0.683. The molecule has 0 aromatic heterocycles. The van der Waals surface area contributed by atoms with Gasteiger partial charge >= 0.3 is 0 Å². The molecule has 0 radical (unpaired) electrons. The maximum absolute atomic E-state index is 5.77. The average Bonchev–Trinajstić information content (AvgIpc) is 2.93. The lowest BCUT2D eigenvalue weighted by Gasteiger charge is -2.38. The van der Waals surface area contributed by atoms with E-state index in [4.69, 9.17) is 4.74 Å². The Bertz CT molecular complexity index is 563. The minimum atomic E-state index is 0.203. The van der Waals surface area contributed by atoms with Gasteiger partial charge in [0.2, 0.25) is 0 Å². The third-order valence-electron chi connectivity index (χ3n) is 5.08. The fraction of sp³-hybridized carbons (Fsp3) is 0.632. The van der Waals surface area contributed by atoms with Crippen LogP contribution in [0.25, 0.3) is 0 Å². The molecule has 1 saturated carbocycles. The van der Waals surface area contributed by atoms with E-state index in [0.29, 0.717) is 5.41 Å². The van der Waals surface area contributed by atoms with E-state index in [1.807, 2.05) is 13.1 Å². The summed E-state index contributed by atoms with van der Waals surface area (Å²) in [6, 6.07) is 8.30. The number of ether oxygens (including phenoxy) is 1. The highest BCUT2D eigenvalue weighted by Gasteiger charge is 2.43. The van der Waals surface area contributed by atoms with Gasteiger partial charge in [-0.1, -0.05) is 18.6 Å². The van der Waals surface area contributed by atoms with E-state index >= 15 is 0 Å². The number of guanidine groups is 1. The number of hydrogen-bond donors (Lipinski definition) is 1. The largest absolute Gasteiger partial charge is 0.491 e. The molecule has 23 heavy (non-hydrogen) atoms. The minimum absolute atomic E-state index is 0.203. The Morgan fingerprint density at radius 2 is 2.17 bits per heavy atom. The Kier molecular flexibility index (Phi) is 4.79. The summed E-state index contributed by atoms with van der Waals surface area (Å²) in [6.07, 6.45) is 5.73. The highest BCUT2D eigenvalue weighted by atomic mass is 16.5. The number of benzene rings is 1. The molecule has 1 aliphatic heterocycles. The van der Waals surface area contributed by atoms with Crippen LogP contribution in [0.15, 0.2) is 29.3 Å². The van der Waals surface area contributed by atoms with Crippen LogP contribution in [-0.4, -0.2) is 37.1 Å². The third-order valence-corrected chi connectivity index (χ3v) is 5.08. The van der Waals surface area contributed by atoms with Crippen LogP contribution in [0.1, 0.15) is 45.1 Å². The van der Waals surface area contributed by atoms with Crippen molar-refractivity contribution in [3.05, 3.63) is 29.8 Å². The van der Waals surface area contributed by atoms with Crippen molar-refractivity contribution < 1.29 is 4.74 Å². The summed E-state index contributed by atoms with van der Waals surface area (Å²) < 4.78 is 5.77. The van der Waals surface area contributed by atoms with Crippen LogP contribution >= 0.6 is 0 Å². The van der Waals surface area contributed by atoms with Gasteiger partial charge in [0.25, 0.3) is 0 Å². The van der Waals surface area contributed by atoms with Crippen LogP contribution in [0.5, 0.6) is 5.75 Å². The molecule has 1 aromatic rings. The lowest BCUT2D eigenvalue weighted by Crippen LogP contribution is -2.42. The van der Waals surface area contributed by atoms with E-state index in [1.165, 1.54) is 37.8 Å². The second-order valence-electron chi connectivity index (χ2n) is 7.24. The number of hydrogen-bond acceptors (Lipinski definition) is 2. The first-order chi connectivity index (χ1) is 11.1. The summed E-state index contributed by atoms with van der Waals surface area (Å²) in [6.45, 7) is 7.19. The monoisotopic (exact) mass is 315 g/mol. The molecule has 1 aliphatic carbocycles.